The lowest BCUT2D eigenvalue weighted by atomic mass is 9.96. The molecule has 1 N–H and O–H groups in total. The molecule has 2 aliphatic rings. The number of thiophene rings is 1. The van der Waals surface area contributed by atoms with Gasteiger partial charge in [-0.25, -0.2) is 0 Å². The van der Waals surface area contributed by atoms with Crippen LogP contribution in [0, 0.1) is 0 Å². The lowest BCUT2D eigenvalue weighted by molar-refractivity contribution is -0.123. The molecule has 0 atom stereocenters. The van der Waals surface area contributed by atoms with E-state index in [9.17, 15) is 9.59 Å². The number of carbonyl (C=O) groups is 2. The van der Waals surface area contributed by atoms with Crippen molar-refractivity contribution in [3.63, 3.8) is 0 Å². The molecule has 7 heteroatoms. The Labute approximate surface area is 187 Å². The maximum Gasteiger partial charge on any atom is 0.285 e. The van der Waals surface area contributed by atoms with Crippen LogP contribution in [0.5, 0.6) is 0 Å². The fourth-order valence-electron chi connectivity index (χ4n) is 3.93. The van der Waals surface area contributed by atoms with Crippen molar-refractivity contribution in [3.8, 4) is 0 Å². The molecule has 0 spiro atoms. The van der Waals surface area contributed by atoms with Gasteiger partial charge < -0.3 is 0 Å². The minimum atomic E-state index is -0.296. The van der Waals surface area contributed by atoms with Crippen LogP contribution in [0.15, 0.2) is 52.7 Å². The predicted molar refractivity (Wildman–Crippen MR) is 127 cm³/mol. The quantitative estimate of drug-likeness (QED) is 0.433. The van der Waals surface area contributed by atoms with Gasteiger partial charge in [0.1, 0.15) is 0 Å². The van der Waals surface area contributed by atoms with Gasteiger partial charge in [0.2, 0.25) is 0 Å². The third kappa shape index (κ3) is 3.47. The van der Waals surface area contributed by atoms with Crippen LogP contribution in [0.3, 0.4) is 0 Å². The van der Waals surface area contributed by atoms with Crippen molar-refractivity contribution in [3.05, 3.63) is 74.3 Å². The van der Waals surface area contributed by atoms with E-state index in [1.165, 1.54) is 28.1 Å². The number of aryl methyl sites for hydroxylation is 1. The molecular weight excluding hydrogens is 432 g/mol. The van der Waals surface area contributed by atoms with Gasteiger partial charge >= 0.3 is 0 Å². The molecule has 4 nitrogen and oxygen atoms in total. The molecule has 1 saturated heterocycles. The second-order valence-electron chi connectivity index (χ2n) is 7.28. The highest BCUT2D eigenvalue weighted by Gasteiger charge is 2.34. The number of hydrogen-bond acceptors (Lipinski definition) is 5. The third-order valence-corrected chi connectivity index (χ3v) is 7.81. The molecule has 150 valence electrons. The summed E-state index contributed by atoms with van der Waals surface area (Å²) in [6.45, 7) is 0. The molecule has 1 aliphatic heterocycles. The van der Waals surface area contributed by atoms with Gasteiger partial charge in [0, 0.05) is 10.3 Å². The van der Waals surface area contributed by atoms with E-state index in [1.54, 1.807) is 11.3 Å². The molecular formula is C23H18N2O2S3. The summed E-state index contributed by atoms with van der Waals surface area (Å²) in [5.41, 5.74) is 5.48. The molecule has 30 heavy (non-hydrogen) atoms. The molecule has 0 unspecified atom stereocenters. The van der Waals surface area contributed by atoms with Crippen molar-refractivity contribution < 1.29 is 9.59 Å². The Kier molecular flexibility index (Phi) is 5.18. The second kappa shape index (κ2) is 7.98. The maximum atomic E-state index is 13.0. The molecule has 2 aromatic carbocycles. The van der Waals surface area contributed by atoms with E-state index >= 15 is 0 Å². The highest BCUT2D eigenvalue weighted by molar-refractivity contribution is 8.26. The number of rotatable bonds is 3. The zero-order valence-electron chi connectivity index (χ0n) is 16.0. The molecule has 0 saturated carbocycles. The molecule has 1 aromatic heterocycles. The van der Waals surface area contributed by atoms with Gasteiger partial charge in [-0.2, -0.15) is 5.01 Å². The summed E-state index contributed by atoms with van der Waals surface area (Å²) in [6, 6.07) is 14.0. The van der Waals surface area contributed by atoms with E-state index in [2.05, 4.69) is 5.43 Å². The van der Waals surface area contributed by atoms with Gasteiger partial charge in [-0.3, -0.25) is 15.0 Å². The average Bonchev–Trinajstić information content (AvgIpc) is 3.31. The van der Waals surface area contributed by atoms with Gasteiger partial charge in [0.25, 0.3) is 11.8 Å². The summed E-state index contributed by atoms with van der Waals surface area (Å²) < 4.78 is 0.337. The summed E-state index contributed by atoms with van der Waals surface area (Å²) in [6.07, 6.45) is 6.06. The highest BCUT2D eigenvalue weighted by Crippen LogP contribution is 2.34. The summed E-state index contributed by atoms with van der Waals surface area (Å²) in [7, 11) is 0. The minimum absolute atomic E-state index is 0.267. The summed E-state index contributed by atoms with van der Waals surface area (Å²) in [5.74, 6) is -0.563. The number of fused-ring (bicyclic) bond motifs is 2. The fraction of sp³-hybridized carbons (Fsp3) is 0.174. The van der Waals surface area contributed by atoms with Crippen LogP contribution in [0.25, 0.3) is 16.8 Å². The second-order valence-corrected chi connectivity index (χ2v) is 9.92. The van der Waals surface area contributed by atoms with Gasteiger partial charge in [-0.15, -0.1) is 11.3 Å². The van der Waals surface area contributed by atoms with Gasteiger partial charge in [-0.05, 0) is 65.9 Å². The summed E-state index contributed by atoms with van der Waals surface area (Å²) >= 11 is 8.23. The van der Waals surface area contributed by atoms with Crippen molar-refractivity contribution in [2.24, 2.45) is 0 Å². The predicted octanol–water partition coefficient (Wildman–Crippen LogP) is 5.33. The first kappa shape index (κ1) is 19.5. The first-order chi connectivity index (χ1) is 14.6. The number of thioether (sulfide) groups is 1. The van der Waals surface area contributed by atoms with Crippen LogP contribution in [0.2, 0.25) is 0 Å². The topological polar surface area (TPSA) is 49.4 Å². The number of carbonyl (C=O) groups excluding carboxylic acids is 2. The Morgan fingerprint density at radius 3 is 2.80 bits per heavy atom. The number of benzene rings is 2. The van der Waals surface area contributed by atoms with E-state index < -0.39 is 0 Å². The maximum absolute atomic E-state index is 13.0. The molecule has 1 aliphatic carbocycles. The monoisotopic (exact) mass is 450 g/mol. The normalized spacial score (nSPS) is 17.6. The average molecular weight is 451 g/mol. The summed E-state index contributed by atoms with van der Waals surface area (Å²) in [5, 5.41) is 5.28. The van der Waals surface area contributed by atoms with E-state index in [4.69, 9.17) is 12.2 Å². The van der Waals surface area contributed by atoms with Crippen molar-refractivity contribution in [2.45, 2.75) is 25.7 Å². The molecule has 3 aromatic rings. The number of hydrogen-bond donors (Lipinski definition) is 1. The Morgan fingerprint density at radius 2 is 1.90 bits per heavy atom. The van der Waals surface area contributed by atoms with Crippen LogP contribution >= 0.6 is 35.3 Å². The Hall–Kier alpha value is -2.48. The first-order valence-corrected chi connectivity index (χ1v) is 11.9. The van der Waals surface area contributed by atoms with Crippen molar-refractivity contribution in [1.29, 1.82) is 0 Å². The Balaban J connectivity index is 1.40. The van der Waals surface area contributed by atoms with Crippen LogP contribution in [-0.2, 0) is 17.6 Å². The van der Waals surface area contributed by atoms with Gasteiger partial charge in [0.15, 0.2) is 4.32 Å². The largest absolute Gasteiger partial charge is 0.285 e. The molecule has 2 amide bonds. The molecule has 5 rings (SSSR count). The number of thiocarbonyl (C=S) groups is 1. The lowest BCUT2D eigenvalue weighted by Gasteiger charge is -2.17. The van der Waals surface area contributed by atoms with Crippen molar-refractivity contribution in [2.75, 3.05) is 0 Å². The Morgan fingerprint density at radius 1 is 1.10 bits per heavy atom. The third-order valence-electron chi connectivity index (χ3n) is 5.42. The fourth-order valence-corrected chi connectivity index (χ4v) is 6.22. The minimum Gasteiger partial charge on any atom is -0.267 e. The van der Waals surface area contributed by atoms with E-state index in [1.807, 2.05) is 53.9 Å². The van der Waals surface area contributed by atoms with Crippen LogP contribution < -0.4 is 5.43 Å². The van der Waals surface area contributed by atoms with Crippen LogP contribution in [0.1, 0.15) is 39.2 Å². The van der Waals surface area contributed by atoms with Crippen LogP contribution in [-0.4, -0.2) is 21.1 Å². The zero-order chi connectivity index (χ0) is 20.7. The van der Waals surface area contributed by atoms with Gasteiger partial charge in [0.05, 0.1) is 10.5 Å². The summed E-state index contributed by atoms with van der Waals surface area (Å²) in [4.78, 5) is 27.7. The van der Waals surface area contributed by atoms with E-state index in [0.29, 0.717) is 14.8 Å². The Bertz CT molecular complexity index is 1220. The van der Waals surface area contributed by atoms with Crippen molar-refractivity contribution in [1.82, 2.24) is 10.4 Å². The number of nitrogens with zero attached hydrogens (tertiary/aromatic N) is 1. The van der Waals surface area contributed by atoms with E-state index in [-0.39, 0.29) is 11.8 Å². The number of hydrazine groups is 1. The number of nitrogens with one attached hydrogen (secondary N) is 1. The molecule has 0 radical (unpaired) electrons. The van der Waals surface area contributed by atoms with E-state index in [0.717, 1.165) is 41.2 Å². The first-order valence-electron chi connectivity index (χ1n) is 9.78. The zero-order valence-corrected chi connectivity index (χ0v) is 18.5. The van der Waals surface area contributed by atoms with Gasteiger partial charge in [-0.1, -0.05) is 54.2 Å². The van der Waals surface area contributed by atoms with Crippen LogP contribution in [0.4, 0.5) is 0 Å². The number of amides is 2. The smallest absolute Gasteiger partial charge is 0.267 e. The molecule has 0 bridgehead atoms. The molecule has 1 fully saturated rings. The lowest BCUT2D eigenvalue weighted by Crippen LogP contribution is -2.45. The van der Waals surface area contributed by atoms with Crippen molar-refractivity contribution >= 4 is 68.3 Å². The standard InChI is InChI=1S/C23H18N2O2S3/c26-21(18-13-29-19-11-4-3-10-17(18)19)24-25-22(27)20(30-23(25)28)12-15-8-5-7-14-6-1-2-9-16(14)15/h1-2,5-9,12-13H,3-4,10-11H2,(H,24,26). The molecule has 2 heterocycles. The SMILES string of the molecule is O=C(NN1C(=O)C(=Cc2cccc3ccccc23)SC1=S)c1csc2c1CCCC2. The highest BCUT2D eigenvalue weighted by atomic mass is 32.2.